The predicted molar refractivity (Wildman–Crippen MR) is 63.4 cm³/mol. The summed E-state index contributed by atoms with van der Waals surface area (Å²) in [7, 11) is 0. The van der Waals surface area contributed by atoms with Crippen LogP contribution in [0.25, 0.3) is 0 Å². The molecule has 0 bridgehead atoms. The lowest BCUT2D eigenvalue weighted by Crippen LogP contribution is -2.00. The SMILES string of the molecule is Cc1cc(CNc2cc(Cl)ncn2)cs1. The van der Waals surface area contributed by atoms with Crippen LogP contribution >= 0.6 is 22.9 Å². The first-order valence-electron chi connectivity index (χ1n) is 4.49. The maximum Gasteiger partial charge on any atom is 0.134 e. The molecule has 2 aromatic rings. The Kier molecular flexibility index (Phi) is 3.18. The van der Waals surface area contributed by atoms with E-state index in [2.05, 4.69) is 33.7 Å². The van der Waals surface area contributed by atoms with Crippen LogP contribution in [0.1, 0.15) is 10.4 Å². The van der Waals surface area contributed by atoms with Gasteiger partial charge in [-0.15, -0.1) is 11.3 Å². The van der Waals surface area contributed by atoms with E-state index in [0.717, 1.165) is 12.4 Å². The van der Waals surface area contributed by atoms with Crippen LogP contribution in [-0.4, -0.2) is 9.97 Å². The molecule has 1 N–H and O–H groups in total. The van der Waals surface area contributed by atoms with Crippen molar-refractivity contribution in [2.45, 2.75) is 13.5 Å². The molecule has 0 aliphatic carbocycles. The average Bonchev–Trinajstić information content (AvgIpc) is 2.62. The highest BCUT2D eigenvalue weighted by molar-refractivity contribution is 7.10. The number of hydrogen-bond acceptors (Lipinski definition) is 4. The van der Waals surface area contributed by atoms with Gasteiger partial charge < -0.3 is 5.32 Å². The van der Waals surface area contributed by atoms with Crippen LogP contribution < -0.4 is 5.32 Å². The highest BCUT2D eigenvalue weighted by atomic mass is 35.5. The van der Waals surface area contributed by atoms with Gasteiger partial charge in [0.25, 0.3) is 0 Å². The molecule has 0 fully saturated rings. The summed E-state index contributed by atoms with van der Waals surface area (Å²) < 4.78 is 0. The molecular formula is C10H10ClN3S. The summed E-state index contributed by atoms with van der Waals surface area (Å²) in [5.74, 6) is 0.749. The lowest BCUT2D eigenvalue weighted by atomic mass is 10.3. The quantitative estimate of drug-likeness (QED) is 0.837. The highest BCUT2D eigenvalue weighted by Gasteiger charge is 1.98. The van der Waals surface area contributed by atoms with Gasteiger partial charge in [0.15, 0.2) is 0 Å². The molecule has 5 heteroatoms. The molecule has 0 saturated heterocycles. The second-order valence-corrected chi connectivity index (χ2v) is 4.65. The van der Waals surface area contributed by atoms with E-state index in [-0.39, 0.29) is 0 Å². The number of aromatic nitrogens is 2. The monoisotopic (exact) mass is 239 g/mol. The van der Waals surface area contributed by atoms with Crippen LogP contribution in [0.4, 0.5) is 5.82 Å². The molecule has 0 amide bonds. The number of halogens is 1. The van der Waals surface area contributed by atoms with Gasteiger partial charge in [-0.2, -0.15) is 0 Å². The van der Waals surface area contributed by atoms with Gasteiger partial charge in [-0.05, 0) is 23.9 Å². The number of nitrogens with one attached hydrogen (secondary N) is 1. The van der Waals surface area contributed by atoms with Crippen molar-refractivity contribution in [3.63, 3.8) is 0 Å². The summed E-state index contributed by atoms with van der Waals surface area (Å²) in [5.41, 5.74) is 1.26. The van der Waals surface area contributed by atoms with Crippen LogP contribution in [0, 0.1) is 6.92 Å². The van der Waals surface area contributed by atoms with Crippen molar-refractivity contribution in [1.29, 1.82) is 0 Å². The zero-order valence-electron chi connectivity index (χ0n) is 8.20. The van der Waals surface area contributed by atoms with E-state index in [1.807, 2.05) is 0 Å². The van der Waals surface area contributed by atoms with E-state index in [4.69, 9.17) is 11.6 Å². The molecule has 0 spiro atoms. The minimum absolute atomic E-state index is 0.453. The van der Waals surface area contributed by atoms with E-state index < -0.39 is 0 Å². The Morgan fingerprint density at radius 1 is 1.40 bits per heavy atom. The summed E-state index contributed by atoms with van der Waals surface area (Å²) in [5, 5.41) is 5.77. The Labute approximate surface area is 97.2 Å². The molecule has 0 saturated carbocycles. The van der Waals surface area contributed by atoms with Gasteiger partial charge in [-0.1, -0.05) is 11.6 Å². The van der Waals surface area contributed by atoms with Crippen molar-refractivity contribution < 1.29 is 0 Å². The largest absolute Gasteiger partial charge is 0.366 e. The van der Waals surface area contributed by atoms with Gasteiger partial charge in [-0.25, -0.2) is 9.97 Å². The molecule has 0 unspecified atom stereocenters. The molecule has 78 valence electrons. The molecule has 0 aliphatic rings. The average molecular weight is 240 g/mol. The van der Waals surface area contributed by atoms with Crippen LogP contribution in [-0.2, 0) is 6.54 Å². The lowest BCUT2D eigenvalue weighted by Gasteiger charge is -2.02. The first-order chi connectivity index (χ1) is 7.24. The highest BCUT2D eigenvalue weighted by Crippen LogP contribution is 2.15. The number of hydrogen-bond donors (Lipinski definition) is 1. The van der Waals surface area contributed by atoms with Crippen molar-refractivity contribution >= 4 is 28.8 Å². The fraction of sp³-hybridized carbons (Fsp3) is 0.200. The number of aryl methyl sites for hydroxylation is 1. The van der Waals surface area contributed by atoms with E-state index in [0.29, 0.717) is 5.15 Å². The maximum atomic E-state index is 5.74. The summed E-state index contributed by atoms with van der Waals surface area (Å²) in [4.78, 5) is 9.19. The Morgan fingerprint density at radius 3 is 2.93 bits per heavy atom. The fourth-order valence-electron chi connectivity index (χ4n) is 1.21. The normalized spacial score (nSPS) is 10.3. The number of thiophene rings is 1. The van der Waals surface area contributed by atoms with Gasteiger partial charge >= 0.3 is 0 Å². The number of anilines is 1. The van der Waals surface area contributed by atoms with Gasteiger partial charge in [0, 0.05) is 17.5 Å². The van der Waals surface area contributed by atoms with Crippen LogP contribution in [0.2, 0.25) is 5.15 Å². The third kappa shape index (κ3) is 2.91. The standard InChI is InChI=1S/C10H10ClN3S/c1-7-2-8(5-15-7)4-12-10-3-9(11)13-6-14-10/h2-3,5-6H,4H2,1H3,(H,12,13,14). The Morgan fingerprint density at radius 2 is 2.27 bits per heavy atom. The van der Waals surface area contributed by atoms with Crippen molar-refractivity contribution in [3.8, 4) is 0 Å². The minimum Gasteiger partial charge on any atom is -0.366 e. The van der Waals surface area contributed by atoms with E-state index in [9.17, 15) is 0 Å². The molecule has 0 radical (unpaired) electrons. The number of nitrogens with zero attached hydrogens (tertiary/aromatic N) is 2. The van der Waals surface area contributed by atoms with Gasteiger partial charge in [0.2, 0.25) is 0 Å². The number of rotatable bonds is 3. The van der Waals surface area contributed by atoms with E-state index >= 15 is 0 Å². The molecule has 3 nitrogen and oxygen atoms in total. The molecule has 2 aromatic heterocycles. The third-order valence-corrected chi connectivity index (χ3v) is 3.01. The first kappa shape index (κ1) is 10.4. The predicted octanol–water partition coefficient (Wildman–Crippen LogP) is 3.11. The second-order valence-electron chi connectivity index (χ2n) is 3.15. The molecule has 2 rings (SSSR count). The van der Waals surface area contributed by atoms with Gasteiger partial charge in [0.05, 0.1) is 0 Å². The molecule has 2 heterocycles. The molecule has 0 aromatic carbocycles. The summed E-state index contributed by atoms with van der Waals surface area (Å²) in [6, 6.07) is 3.86. The minimum atomic E-state index is 0.453. The Hall–Kier alpha value is -1.13. The van der Waals surface area contributed by atoms with Crippen molar-refractivity contribution in [1.82, 2.24) is 9.97 Å². The maximum absolute atomic E-state index is 5.74. The lowest BCUT2D eigenvalue weighted by molar-refractivity contribution is 1.09. The van der Waals surface area contributed by atoms with E-state index in [1.165, 1.54) is 16.8 Å². The zero-order valence-corrected chi connectivity index (χ0v) is 9.77. The third-order valence-electron chi connectivity index (χ3n) is 1.89. The van der Waals surface area contributed by atoms with Crippen molar-refractivity contribution in [2.75, 3.05) is 5.32 Å². The summed E-state index contributed by atoms with van der Waals surface area (Å²) in [6.45, 7) is 2.85. The van der Waals surface area contributed by atoms with Gasteiger partial charge in [-0.3, -0.25) is 0 Å². The second kappa shape index (κ2) is 4.59. The van der Waals surface area contributed by atoms with Gasteiger partial charge in [0.1, 0.15) is 17.3 Å². The smallest absolute Gasteiger partial charge is 0.134 e. The Bertz CT molecular complexity index is 455. The summed E-state index contributed by atoms with van der Waals surface area (Å²) in [6.07, 6.45) is 1.45. The summed E-state index contributed by atoms with van der Waals surface area (Å²) >= 11 is 7.49. The topological polar surface area (TPSA) is 37.8 Å². The molecule has 0 atom stereocenters. The van der Waals surface area contributed by atoms with Crippen LogP contribution in [0.5, 0.6) is 0 Å². The fourth-order valence-corrected chi connectivity index (χ4v) is 2.07. The van der Waals surface area contributed by atoms with Crippen molar-refractivity contribution in [2.24, 2.45) is 0 Å². The van der Waals surface area contributed by atoms with E-state index in [1.54, 1.807) is 17.4 Å². The molecule has 15 heavy (non-hydrogen) atoms. The zero-order chi connectivity index (χ0) is 10.7. The van der Waals surface area contributed by atoms with Crippen LogP contribution in [0.3, 0.4) is 0 Å². The molecule has 0 aliphatic heterocycles. The molecular weight excluding hydrogens is 230 g/mol. The van der Waals surface area contributed by atoms with Crippen LogP contribution in [0.15, 0.2) is 23.8 Å². The van der Waals surface area contributed by atoms with Crippen molar-refractivity contribution in [3.05, 3.63) is 39.4 Å². The first-order valence-corrected chi connectivity index (χ1v) is 5.75. The Balaban J connectivity index is 1.99.